The first-order valence-corrected chi connectivity index (χ1v) is 3.93. The normalized spacial score (nSPS) is 27.2. The molecule has 2 N–H and O–H groups in total. The second-order valence-electron chi connectivity index (χ2n) is 2.54. The van der Waals surface area contributed by atoms with E-state index in [9.17, 15) is 14.9 Å². The Morgan fingerprint density at radius 3 is 2.92 bits per heavy atom. The Kier molecular flexibility index (Phi) is 3.15. The zero-order chi connectivity index (χ0) is 9.84. The maximum absolute atomic E-state index is 11.1. The van der Waals surface area contributed by atoms with Crippen LogP contribution in [0.3, 0.4) is 0 Å². The van der Waals surface area contributed by atoms with E-state index in [2.05, 4.69) is 15.4 Å². The van der Waals surface area contributed by atoms with Gasteiger partial charge in [0.15, 0.2) is 6.04 Å². The highest BCUT2D eigenvalue weighted by molar-refractivity contribution is 5.76. The van der Waals surface area contributed by atoms with Crippen LogP contribution >= 0.6 is 0 Å². The van der Waals surface area contributed by atoms with Gasteiger partial charge in [0.1, 0.15) is 0 Å². The highest BCUT2D eigenvalue weighted by Crippen LogP contribution is 2.02. The summed E-state index contributed by atoms with van der Waals surface area (Å²) in [6.07, 6.45) is -1.08. The van der Waals surface area contributed by atoms with Crippen molar-refractivity contribution >= 4 is 5.97 Å². The topological polar surface area (TPSA) is 93.5 Å². The summed E-state index contributed by atoms with van der Waals surface area (Å²) in [5.74, 6) is -0.589. The Morgan fingerprint density at radius 2 is 2.38 bits per heavy atom. The maximum Gasteiger partial charge on any atom is 0.331 e. The van der Waals surface area contributed by atoms with Gasteiger partial charge >= 0.3 is 5.97 Å². The highest BCUT2D eigenvalue weighted by Gasteiger charge is 2.41. The molecule has 0 spiro atoms. The molecular formula is C6H11N3O4. The molecule has 0 aliphatic carbocycles. The van der Waals surface area contributed by atoms with Gasteiger partial charge in [0.05, 0.1) is 13.3 Å². The zero-order valence-corrected chi connectivity index (χ0v) is 7.15. The molecule has 74 valence electrons. The molecule has 0 bridgehead atoms. The van der Waals surface area contributed by atoms with Crippen LogP contribution in [-0.4, -0.2) is 36.4 Å². The van der Waals surface area contributed by atoms with Gasteiger partial charge in [-0.15, -0.1) is 0 Å². The third-order valence-corrected chi connectivity index (χ3v) is 1.72. The van der Waals surface area contributed by atoms with Crippen molar-refractivity contribution in [2.45, 2.75) is 19.1 Å². The van der Waals surface area contributed by atoms with Crippen molar-refractivity contribution in [1.29, 1.82) is 0 Å². The first-order chi connectivity index (χ1) is 6.16. The quantitative estimate of drug-likeness (QED) is 0.324. The summed E-state index contributed by atoms with van der Waals surface area (Å²) in [5.41, 5.74) is 0. The number of nitro groups is 1. The lowest BCUT2D eigenvalue weighted by Crippen LogP contribution is -2.46. The number of hydrogen-bond donors (Lipinski definition) is 2. The summed E-state index contributed by atoms with van der Waals surface area (Å²) >= 11 is 0. The van der Waals surface area contributed by atoms with E-state index in [-0.39, 0.29) is 13.3 Å². The van der Waals surface area contributed by atoms with Crippen LogP contribution in [-0.2, 0) is 9.53 Å². The van der Waals surface area contributed by atoms with Crippen molar-refractivity contribution in [3.05, 3.63) is 10.1 Å². The SMILES string of the molecule is CCOC(=O)C1NCNC1[N+](=O)[O-]. The molecule has 0 saturated carbocycles. The van der Waals surface area contributed by atoms with Crippen LogP contribution in [0.2, 0.25) is 0 Å². The lowest BCUT2D eigenvalue weighted by Gasteiger charge is -2.10. The fourth-order valence-corrected chi connectivity index (χ4v) is 1.14. The molecule has 0 aromatic rings. The van der Waals surface area contributed by atoms with Crippen LogP contribution in [0, 0.1) is 10.1 Å². The fourth-order valence-electron chi connectivity index (χ4n) is 1.14. The predicted octanol–water partition coefficient (Wildman–Crippen LogP) is -1.33. The maximum atomic E-state index is 11.1. The Morgan fingerprint density at radius 1 is 1.69 bits per heavy atom. The van der Waals surface area contributed by atoms with Gasteiger partial charge < -0.3 is 4.74 Å². The molecule has 7 nitrogen and oxygen atoms in total. The third kappa shape index (κ3) is 2.13. The first kappa shape index (κ1) is 9.87. The molecular weight excluding hydrogens is 178 g/mol. The third-order valence-electron chi connectivity index (χ3n) is 1.72. The lowest BCUT2D eigenvalue weighted by molar-refractivity contribution is -0.526. The molecule has 0 aromatic heterocycles. The first-order valence-electron chi connectivity index (χ1n) is 3.93. The molecule has 1 aliphatic rings. The Balaban J connectivity index is 2.57. The molecule has 0 amide bonds. The average molecular weight is 189 g/mol. The van der Waals surface area contributed by atoms with Crippen molar-refractivity contribution in [3.8, 4) is 0 Å². The minimum absolute atomic E-state index is 0.224. The molecule has 13 heavy (non-hydrogen) atoms. The van der Waals surface area contributed by atoms with Crippen LogP contribution < -0.4 is 10.6 Å². The molecule has 1 fully saturated rings. The molecule has 7 heteroatoms. The van der Waals surface area contributed by atoms with E-state index in [4.69, 9.17) is 0 Å². The molecule has 2 atom stereocenters. The van der Waals surface area contributed by atoms with Gasteiger partial charge in [0, 0.05) is 4.92 Å². The molecule has 1 saturated heterocycles. The number of rotatable bonds is 3. The largest absolute Gasteiger partial charge is 0.465 e. The summed E-state index contributed by atoms with van der Waals surface area (Å²) in [6, 6.07) is -0.880. The lowest BCUT2D eigenvalue weighted by atomic mass is 10.2. The Bertz CT molecular complexity index is 220. The summed E-state index contributed by atoms with van der Waals surface area (Å²) in [5, 5.41) is 15.6. The molecule has 0 aromatic carbocycles. The average Bonchev–Trinajstić information content (AvgIpc) is 2.52. The second-order valence-corrected chi connectivity index (χ2v) is 2.54. The van der Waals surface area contributed by atoms with Gasteiger partial charge in [-0.3, -0.25) is 20.2 Å². The zero-order valence-electron chi connectivity index (χ0n) is 7.15. The van der Waals surface area contributed by atoms with Gasteiger partial charge in [0.2, 0.25) is 0 Å². The van der Waals surface area contributed by atoms with Crippen LogP contribution in [0.5, 0.6) is 0 Å². The van der Waals surface area contributed by atoms with Crippen LogP contribution in [0.1, 0.15) is 6.92 Å². The summed E-state index contributed by atoms with van der Waals surface area (Å²) in [6.45, 7) is 2.12. The number of nitrogens with one attached hydrogen (secondary N) is 2. The van der Waals surface area contributed by atoms with Crippen molar-refractivity contribution in [3.63, 3.8) is 0 Å². The summed E-state index contributed by atoms with van der Waals surface area (Å²) in [7, 11) is 0. The minimum Gasteiger partial charge on any atom is -0.465 e. The second kappa shape index (κ2) is 4.15. The van der Waals surface area contributed by atoms with E-state index in [1.807, 2.05) is 0 Å². The van der Waals surface area contributed by atoms with Gasteiger partial charge in [-0.1, -0.05) is 0 Å². The van der Waals surface area contributed by atoms with E-state index < -0.39 is 23.1 Å². The van der Waals surface area contributed by atoms with Crippen LogP contribution in [0.15, 0.2) is 0 Å². The molecule has 1 aliphatic heterocycles. The van der Waals surface area contributed by atoms with Crippen molar-refractivity contribution in [2.24, 2.45) is 0 Å². The molecule has 0 radical (unpaired) electrons. The molecule has 2 unspecified atom stereocenters. The van der Waals surface area contributed by atoms with Gasteiger partial charge in [0.25, 0.3) is 6.17 Å². The minimum atomic E-state index is -1.08. The van der Waals surface area contributed by atoms with Gasteiger partial charge in [-0.2, -0.15) is 0 Å². The monoisotopic (exact) mass is 189 g/mol. The fraction of sp³-hybridized carbons (Fsp3) is 0.833. The van der Waals surface area contributed by atoms with Crippen molar-refractivity contribution in [2.75, 3.05) is 13.3 Å². The Labute approximate surface area is 74.6 Å². The number of carbonyl (C=O) groups excluding carboxylic acids is 1. The van der Waals surface area contributed by atoms with Gasteiger partial charge in [-0.25, -0.2) is 5.32 Å². The summed E-state index contributed by atoms with van der Waals surface area (Å²) in [4.78, 5) is 21.0. The van der Waals surface area contributed by atoms with E-state index in [0.29, 0.717) is 0 Å². The molecule has 1 heterocycles. The smallest absolute Gasteiger partial charge is 0.331 e. The van der Waals surface area contributed by atoms with Crippen molar-refractivity contribution < 1.29 is 14.5 Å². The predicted molar refractivity (Wildman–Crippen MR) is 42.3 cm³/mol. The van der Waals surface area contributed by atoms with E-state index in [1.54, 1.807) is 6.92 Å². The van der Waals surface area contributed by atoms with E-state index in [1.165, 1.54) is 0 Å². The van der Waals surface area contributed by atoms with Gasteiger partial charge in [-0.05, 0) is 6.92 Å². The number of esters is 1. The van der Waals surface area contributed by atoms with Crippen molar-refractivity contribution in [1.82, 2.24) is 10.6 Å². The standard InChI is InChI=1S/C6H11N3O4/c1-2-13-6(10)4-5(9(11)12)8-3-7-4/h4-5,7-8H,2-3H2,1H3. The number of ether oxygens (including phenoxy) is 1. The summed E-state index contributed by atoms with van der Waals surface area (Å²) < 4.78 is 4.66. The number of carbonyl (C=O) groups is 1. The van der Waals surface area contributed by atoms with Crippen LogP contribution in [0.25, 0.3) is 0 Å². The highest BCUT2D eigenvalue weighted by atomic mass is 16.6. The number of nitrogens with zero attached hydrogens (tertiary/aromatic N) is 1. The molecule has 1 rings (SSSR count). The van der Waals surface area contributed by atoms with Crippen LogP contribution in [0.4, 0.5) is 0 Å². The van der Waals surface area contributed by atoms with E-state index in [0.717, 1.165) is 0 Å². The Hall–Kier alpha value is -1.21. The van der Waals surface area contributed by atoms with E-state index >= 15 is 0 Å². The number of hydrogen-bond acceptors (Lipinski definition) is 6.